The van der Waals surface area contributed by atoms with Gasteiger partial charge in [0, 0.05) is 25.0 Å². The molecule has 182 valence electrons. The quantitative estimate of drug-likeness (QED) is 0.0901. The second-order valence-electron chi connectivity index (χ2n) is 8.52. The van der Waals surface area contributed by atoms with Gasteiger partial charge in [-0.3, -0.25) is 4.79 Å². The number of hydrogen-bond donors (Lipinski definition) is 0. The Labute approximate surface area is 193 Å². The summed E-state index contributed by atoms with van der Waals surface area (Å²) >= 11 is 0. The van der Waals surface area contributed by atoms with Crippen LogP contribution in [-0.2, 0) is 14.3 Å². The third-order valence-corrected chi connectivity index (χ3v) is 5.82. The molecule has 0 spiro atoms. The average molecular weight is 451 g/mol. The van der Waals surface area contributed by atoms with E-state index in [4.69, 9.17) is 9.47 Å². The summed E-state index contributed by atoms with van der Waals surface area (Å²) in [6.07, 6.45) is 21.0. The Morgan fingerprint density at radius 3 is 2.22 bits per heavy atom. The number of rotatable bonds is 19. The molecule has 1 unspecified atom stereocenters. The number of allylic oxidation sites excluding steroid dienone is 2. The summed E-state index contributed by atoms with van der Waals surface area (Å²) in [5.41, 5.74) is 0.474. The van der Waals surface area contributed by atoms with Crippen molar-refractivity contribution in [2.45, 2.75) is 109 Å². The van der Waals surface area contributed by atoms with Crippen LogP contribution in [0.3, 0.4) is 0 Å². The first-order valence-electron chi connectivity index (χ1n) is 12.5. The molecule has 1 saturated heterocycles. The molecule has 0 saturated carbocycles. The summed E-state index contributed by atoms with van der Waals surface area (Å²) in [4.78, 5) is 33.9. The number of unbranched alkanes of at least 4 members (excludes halogenated alkanes) is 11. The van der Waals surface area contributed by atoms with Crippen molar-refractivity contribution in [2.75, 3.05) is 19.8 Å². The smallest absolute Gasteiger partial charge is 0.306 e. The lowest BCUT2D eigenvalue weighted by atomic mass is 10.0. The summed E-state index contributed by atoms with van der Waals surface area (Å²) in [7, 11) is 0. The van der Waals surface area contributed by atoms with Crippen LogP contribution < -0.4 is 0 Å². The molecule has 0 aliphatic carbocycles. The van der Waals surface area contributed by atoms with Crippen molar-refractivity contribution in [2.24, 2.45) is 10.4 Å². The van der Waals surface area contributed by atoms with Crippen LogP contribution in [0, 0.1) is 9.81 Å². The zero-order chi connectivity index (χ0) is 23.3. The van der Waals surface area contributed by atoms with Gasteiger partial charge in [-0.15, -0.1) is 4.91 Å². The summed E-state index contributed by atoms with van der Waals surface area (Å²) in [6.45, 7) is 2.57. The molecule has 1 aliphatic heterocycles. The van der Waals surface area contributed by atoms with E-state index < -0.39 is 6.04 Å². The third kappa shape index (κ3) is 13.5. The Bertz CT molecular complexity index is 589. The number of nitrogens with zero attached hydrogens (tertiary/aromatic N) is 2. The van der Waals surface area contributed by atoms with Crippen LogP contribution in [0.1, 0.15) is 103 Å². The molecule has 32 heavy (non-hydrogen) atoms. The Hall–Kier alpha value is -1.89. The van der Waals surface area contributed by atoms with Crippen molar-refractivity contribution in [1.82, 2.24) is 0 Å². The summed E-state index contributed by atoms with van der Waals surface area (Å²) in [5, 5.41) is 5.94. The molecule has 0 aromatic carbocycles. The Morgan fingerprint density at radius 2 is 1.59 bits per heavy atom. The summed E-state index contributed by atoms with van der Waals surface area (Å²) in [6, 6.07) is -0.624. The SMILES string of the molecule is CCCCCCCC/C=C\CCCCCCCC(=O)OC/C(N=O)=C1\COCCC1N=O. The molecule has 1 atom stereocenters. The van der Waals surface area contributed by atoms with Gasteiger partial charge >= 0.3 is 5.97 Å². The number of hydrogen-bond acceptors (Lipinski definition) is 7. The molecule has 0 aromatic heterocycles. The van der Waals surface area contributed by atoms with E-state index in [0.29, 0.717) is 25.0 Å². The monoisotopic (exact) mass is 450 g/mol. The van der Waals surface area contributed by atoms with Gasteiger partial charge in [0.05, 0.1) is 6.61 Å². The van der Waals surface area contributed by atoms with Crippen LogP contribution in [0.5, 0.6) is 0 Å². The lowest BCUT2D eigenvalue weighted by Crippen LogP contribution is -2.24. The minimum Gasteiger partial charge on any atom is -0.459 e. The molecular formula is C25H42N2O5. The molecule has 0 bridgehead atoms. The molecule has 7 nitrogen and oxygen atoms in total. The Balaban J connectivity index is 2.02. The molecule has 1 fully saturated rings. The van der Waals surface area contributed by atoms with E-state index in [1.54, 1.807) is 0 Å². The predicted molar refractivity (Wildman–Crippen MR) is 128 cm³/mol. The van der Waals surface area contributed by atoms with E-state index in [1.165, 1.54) is 57.8 Å². The standard InChI is InChI=1S/C25H42N2O5/c1-2-3-4-5-6-7-8-9-10-11-12-13-14-15-16-17-25(28)32-21-24(27-30)22-20-31-19-18-23(22)26-29/h9-10,23H,2-8,11-21H2,1H3/b10-9-,24-22-. The van der Waals surface area contributed by atoms with Gasteiger partial charge in [0.1, 0.15) is 18.3 Å². The van der Waals surface area contributed by atoms with Crippen LogP contribution in [-0.4, -0.2) is 31.8 Å². The first-order valence-corrected chi connectivity index (χ1v) is 12.5. The fourth-order valence-corrected chi connectivity index (χ4v) is 3.78. The average Bonchev–Trinajstić information content (AvgIpc) is 2.82. The lowest BCUT2D eigenvalue weighted by molar-refractivity contribution is -0.142. The van der Waals surface area contributed by atoms with Crippen LogP contribution in [0.4, 0.5) is 0 Å². The maximum atomic E-state index is 11.9. The normalized spacial score (nSPS) is 18.0. The molecule has 0 amide bonds. The molecule has 0 N–H and O–H groups in total. The van der Waals surface area contributed by atoms with Crippen molar-refractivity contribution in [1.29, 1.82) is 0 Å². The number of carbonyl (C=O) groups is 1. The van der Waals surface area contributed by atoms with Gasteiger partial charge in [-0.05, 0) is 37.3 Å². The van der Waals surface area contributed by atoms with E-state index >= 15 is 0 Å². The third-order valence-electron chi connectivity index (χ3n) is 5.82. The van der Waals surface area contributed by atoms with Gasteiger partial charge in [0.2, 0.25) is 0 Å². The predicted octanol–water partition coefficient (Wildman–Crippen LogP) is 7.14. The Morgan fingerprint density at radius 1 is 0.969 bits per heavy atom. The van der Waals surface area contributed by atoms with Crippen molar-refractivity contribution in [3.05, 3.63) is 33.2 Å². The first kappa shape index (κ1) is 28.1. The van der Waals surface area contributed by atoms with Gasteiger partial charge in [0.15, 0.2) is 0 Å². The number of esters is 1. The van der Waals surface area contributed by atoms with Crippen molar-refractivity contribution in [3.8, 4) is 0 Å². The zero-order valence-corrected chi connectivity index (χ0v) is 19.9. The maximum Gasteiger partial charge on any atom is 0.306 e. The fourth-order valence-electron chi connectivity index (χ4n) is 3.78. The first-order chi connectivity index (χ1) is 15.7. The lowest BCUT2D eigenvalue weighted by Gasteiger charge is -2.21. The summed E-state index contributed by atoms with van der Waals surface area (Å²) in [5.74, 6) is -0.350. The van der Waals surface area contributed by atoms with Gasteiger partial charge in [0.25, 0.3) is 0 Å². The van der Waals surface area contributed by atoms with Crippen LogP contribution >= 0.6 is 0 Å². The Kier molecular flexibility index (Phi) is 17.4. The largest absolute Gasteiger partial charge is 0.459 e. The number of nitroso groups, excluding NO2 is 2. The molecule has 0 radical (unpaired) electrons. The van der Waals surface area contributed by atoms with Gasteiger partial charge in [-0.1, -0.05) is 75.6 Å². The molecule has 1 aliphatic rings. The second-order valence-corrected chi connectivity index (χ2v) is 8.52. The topological polar surface area (TPSA) is 94.4 Å². The molecular weight excluding hydrogens is 408 g/mol. The van der Waals surface area contributed by atoms with Crippen molar-refractivity contribution in [3.63, 3.8) is 0 Å². The maximum absolute atomic E-state index is 11.9. The van der Waals surface area contributed by atoms with E-state index in [-0.39, 0.29) is 24.9 Å². The highest BCUT2D eigenvalue weighted by Gasteiger charge is 2.25. The van der Waals surface area contributed by atoms with Gasteiger partial charge in [-0.2, -0.15) is 4.91 Å². The number of carbonyl (C=O) groups excluding carboxylic acids is 1. The van der Waals surface area contributed by atoms with E-state index in [2.05, 4.69) is 29.4 Å². The van der Waals surface area contributed by atoms with E-state index in [9.17, 15) is 14.6 Å². The van der Waals surface area contributed by atoms with Crippen LogP contribution in [0.25, 0.3) is 0 Å². The molecule has 1 rings (SSSR count). The minimum absolute atomic E-state index is 0.0483. The van der Waals surface area contributed by atoms with Crippen molar-refractivity contribution < 1.29 is 14.3 Å². The fraction of sp³-hybridized carbons (Fsp3) is 0.800. The second kappa shape index (κ2) is 19.8. The molecule has 1 heterocycles. The van der Waals surface area contributed by atoms with Gasteiger partial charge in [-0.25, -0.2) is 0 Å². The van der Waals surface area contributed by atoms with Crippen LogP contribution in [0.2, 0.25) is 0 Å². The highest BCUT2D eigenvalue weighted by Crippen LogP contribution is 2.22. The highest BCUT2D eigenvalue weighted by atomic mass is 16.5. The molecule has 0 aromatic rings. The van der Waals surface area contributed by atoms with Gasteiger partial charge < -0.3 is 9.47 Å². The minimum atomic E-state index is -0.624. The van der Waals surface area contributed by atoms with Crippen molar-refractivity contribution >= 4 is 5.97 Å². The zero-order valence-electron chi connectivity index (χ0n) is 19.9. The van der Waals surface area contributed by atoms with Crippen LogP contribution in [0.15, 0.2) is 33.8 Å². The van der Waals surface area contributed by atoms with E-state index in [1.807, 2.05) is 0 Å². The summed E-state index contributed by atoms with van der Waals surface area (Å²) < 4.78 is 10.4. The van der Waals surface area contributed by atoms with E-state index in [0.717, 1.165) is 25.7 Å². The number of ether oxygens (including phenoxy) is 2. The highest BCUT2D eigenvalue weighted by molar-refractivity contribution is 5.69. The molecule has 7 heteroatoms.